The summed E-state index contributed by atoms with van der Waals surface area (Å²) >= 11 is 1.50. The average Bonchev–Trinajstić information content (AvgIpc) is 3.37. The molecule has 32 heavy (non-hydrogen) atoms. The van der Waals surface area contributed by atoms with E-state index in [0.29, 0.717) is 40.7 Å². The second-order valence-electron chi connectivity index (χ2n) is 7.63. The molecule has 2 aromatic carbocycles. The fraction of sp³-hybridized carbons (Fsp3) is 0.304. The van der Waals surface area contributed by atoms with Gasteiger partial charge in [0.1, 0.15) is 0 Å². The van der Waals surface area contributed by atoms with E-state index in [1.807, 2.05) is 46.9 Å². The van der Waals surface area contributed by atoms with Gasteiger partial charge in [-0.3, -0.25) is 18.3 Å². The topological polar surface area (TPSA) is 87.3 Å². The Hall–Kier alpha value is -3.33. The highest BCUT2D eigenvalue weighted by molar-refractivity contribution is 7.99. The molecule has 0 unspecified atom stereocenters. The van der Waals surface area contributed by atoms with E-state index in [1.165, 1.54) is 11.8 Å². The van der Waals surface area contributed by atoms with Gasteiger partial charge in [-0.2, -0.15) is 0 Å². The Kier molecular flexibility index (Phi) is 5.57. The summed E-state index contributed by atoms with van der Waals surface area (Å²) < 4.78 is 10.6. The summed E-state index contributed by atoms with van der Waals surface area (Å²) in [6.07, 6.45) is 3.04. The van der Waals surface area contributed by atoms with Crippen LogP contribution in [0, 0.1) is 0 Å². The van der Waals surface area contributed by atoms with Gasteiger partial charge in [0.25, 0.3) is 5.56 Å². The monoisotopic (exact) mass is 449 g/mol. The number of hydrogen-bond acceptors (Lipinski definition) is 6. The first-order valence-electron chi connectivity index (χ1n) is 10.8. The van der Waals surface area contributed by atoms with E-state index in [-0.39, 0.29) is 11.3 Å². The van der Waals surface area contributed by atoms with Gasteiger partial charge in [0.05, 0.1) is 16.4 Å². The average molecular weight is 450 g/mol. The van der Waals surface area contributed by atoms with Crippen LogP contribution in [0.25, 0.3) is 27.8 Å². The fourth-order valence-electron chi connectivity index (χ4n) is 4.00. The summed E-state index contributed by atoms with van der Waals surface area (Å²) in [5.41, 5.74) is 2.11. The van der Waals surface area contributed by atoms with Crippen molar-refractivity contribution in [3.63, 3.8) is 0 Å². The van der Waals surface area contributed by atoms with Crippen molar-refractivity contribution in [2.24, 2.45) is 0 Å². The molecule has 5 aromatic rings. The van der Waals surface area contributed by atoms with E-state index in [1.54, 1.807) is 15.2 Å². The van der Waals surface area contributed by atoms with Gasteiger partial charge in [-0.25, -0.2) is 4.79 Å². The maximum absolute atomic E-state index is 13.1. The van der Waals surface area contributed by atoms with Crippen LogP contribution in [0.1, 0.15) is 26.2 Å². The molecule has 0 spiro atoms. The predicted molar refractivity (Wildman–Crippen MR) is 125 cm³/mol. The number of hydrogen-bond donors (Lipinski definition) is 0. The normalized spacial score (nSPS) is 11.8. The molecule has 0 fully saturated rings. The van der Waals surface area contributed by atoms with Gasteiger partial charge in [-0.1, -0.05) is 55.8 Å². The molecule has 0 aliphatic carbocycles. The Balaban J connectivity index is 1.50. The van der Waals surface area contributed by atoms with Gasteiger partial charge in [-0.05, 0) is 30.7 Å². The lowest BCUT2D eigenvalue weighted by atomic mass is 10.2. The highest BCUT2D eigenvalue weighted by atomic mass is 32.2. The van der Waals surface area contributed by atoms with E-state index in [4.69, 9.17) is 4.42 Å². The van der Waals surface area contributed by atoms with Crippen LogP contribution < -0.4 is 11.3 Å². The molecule has 0 N–H and O–H groups in total. The predicted octanol–water partition coefficient (Wildman–Crippen LogP) is 3.93. The highest BCUT2D eigenvalue weighted by Gasteiger charge is 2.17. The number of oxazole rings is 1. The fourth-order valence-corrected chi connectivity index (χ4v) is 4.87. The van der Waals surface area contributed by atoms with Crippen molar-refractivity contribution < 1.29 is 4.42 Å². The van der Waals surface area contributed by atoms with Crippen LogP contribution in [0.15, 0.2) is 67.7 Å². The Morgan fingerprint density at radius 1 is 0.906 bits per heavy atom. The van der Waals surface area contributed by atoms with Crippen LogP contribution in [0.5, 0.6) is 0 Å². The van der Waals surface area contributed by atoms with E-state index in [0.717, 1.165) is 30.3 Å². The number of thioether (sulfide) groups is 1. The van der Waals surface area contributed by atoms with E-state index >= 15 is 0 Å². The van der Waals surface area contributed by atoms with Gasteiger partial charge in [-0.15, -0.1) is 10.2 Å². The molecule has 0 saturated heterocycles. The Morgan fingerprint density at radius 3 is 2.53 bits per heavy atom. The number of rotatable bonds is 8. The summed E-state index contributed by atoms with van der Waals surface area (Å²) in [4.78, 5) is 25.3. The first-order valence-corrected chi connectivity index (χ1v) is 11.8. The lowest BCUT2D eigenvalue weighted by molar-refractivity contribution is 0.514. The number of fused-ring (bicyclic) bond motifs is 4. The zero-order valence-electron chi connectivity index (χ0n) is 17.7. The summed E-state index contributed by atoms with van der Waals surface area (Å²) in [6.45, 7) is 3.23. The number of benzene rings is 2. The minimum absolute atomic E-state index is 0.0374. The Morgan fingerprint density at radius 2 is 1.69 bits per heavy atom. The summed E-state index contributed by atoms with van der Waals surface area (Å²) in [5.74, 6) is 0.791. The standard InChI is InChI=1S/C23H23N5O3S/c1-2-3-8-13-27-20(29)16-9-4-5-10-17(16)28-21(27)24-25-22(28)32-15-14-26-18-11-6-7-12-19(18)31-23(26)30/h4-7,9-12H,2-3,8,13-15H2,1H3. The number of aryl methyl sites for hydroxylation is 2. The molecule has 0 aliphatic rings. The largest absolute Gasteiger partial charge is 0.419 e. The van der Waals surface area contributed by atoms with Crippen LogP contribution in [0.3, 0.4) is 0 Å². The molecule has 8 nitrogen and oxygen atoms in total. The van der Waals surface area contributed by atoms with Crippen molar-refractivity contribution in [2.75, 3.05) is 5.75 Å². The maximum Gasteiger partial charge on any atom is 0.419 e. The molecule has 0 amide bonds. The molecule has 3 heterocycles. The third-order valence-corrected chi connectivity index (χ3v) is 6.49. The third-order valence-electron chi connectivity index (χ3n) is 5.58. The van der Waals surface area contributed by atoms with Crippen molar-refractivity contribution in [3.8, 4) is 0 Å². The molecule has 0 saturated carbocycles. The van der Waals surface area contributed by atoms with Gasteiger partial charge < -0.3 is 4.42 Å². The summed E-state index contributed by atoms with van der Waals surface area (Å²) in [5, 5.41) is 10.1. The van der Waals surface area contributed by atoms with Crippen LogP contribution in [0.2, 0.25) is 0 Å². The molecular formula is C23H23N5O3S. The van der Waals surface area contributed by atoms with Crippen molar-refractivity contribution in [2.45, 2.75) is 44.4 Å². The zero-order chi connectivity index (χ0) is 22.1. The SMILES string of the molecule is CCCCCn1c(=O)c2ccccc2n2c(SCCn3c(=O)oc4ccccc43)nnc12. The second-order valence-corrected chi connectivity index (χ2v) is 8.70. The number of para-hydroxylation sites is 3. The lowest BCUT2D eigenvalue weighted by Gasteiger charge is -2.11. The van der Waals surface area contributed by atoms with Gasteiger partial charge in [0.2, 0.25) is 5.78 Å². The van der Waals surface area contributed by atoms with E-state index in [9.17, 15) is 9.59 Å². The minimum atomic E-state index is -0.367. The molecule has 9 heteroatoms. The summed E-state index contributed by atoms with van der Waals surface area (Å²) in [6, 6.07) is 14.9. The van der Waals surface area contributed by atoms with Crippen molar-refractivity contribution >= 4 is 39.5 Å². The molecule has 5 rings (SSSR count). The Labute approximate surface area is 187 Å². The molecule has 0 aliphatic heterocycles. The number of unbranched alkanes of at least 4 members (excludes halogenated alkanes) is 2. The molecule has 0 radical (unpaired) electrons. The molecule has 164 valence electrons. The van der Waals surface area contributed by atoms with E-state index in [2.05, 4.69) is 17.1 Å². The van der Waals surface area contributed by atoms with Crippen LogP contribution >= 0.6 is 11.8 Å². The van der Waals surface area contributed by atoms with Gasteiger partial charge >= 0.3 is 5.76 Å². The number of aromatic nitrogens is 5. The molecule has 0 bridgehead atoms. The van der Waals surface area contributed by atoms with Crippen molar-refractivity contribution in [1.29, 1.82) is 0 Å². The first-order chi connectivity index (χ1) is 15.7. The van der Waals surface area contributed by atoms with Crippen molar-refractivity contribution in [1.82, 2.24) is 23.7 Å². The second kappa shape index (κ2) is 8.66. The van der Waals surface area contributed by atoms with Gasteiger partial charge in [0.15, 0.2) is 10.7 Å². The maximum atomic E-state index is 13.1. The van der Waals surface area contributed by atoms with Gasteiger partial charge in [0, 0.05) is 18.8 Å². The smallest absolute Gasteiger partial charge is 0.408 e. The minimum Gasteiger partial charge on any atom is -0.408 e. The summed E-state index contributed by atoms with van der Waals surface area (Å²) in [7, 11) is 0. The third kappa shape index (κ3) is 3.52. The molecule has 3 aromatic heterocycles. The van der Waals surface area contributed by atoms with Crippen LogP contribution in [-0.2, 0) is 13.1 Å². The molecule has 0 atom stereocenters. The molecular weight excluding hydrogens is 426 g/mol. The lowest BCUT2D eigenvalue weighted by Crippen LogP contribution is -2.23. The quantitative estimate of drug-likeness (QED) is 0.263. The number of nitrogens with zero attached hydrogens (tertiary/aromatic N) is 5. The zero-order valence-corrected chi connectivity index (χ0v) is 18.5. The van der Waals surface area contributed by atoms with Crippen LogP contribution in [-0.4, -0.2) is 29.5 Å². The first kappa shape index (κ1) is 20.6. The van der Waals surface area contributed by atoms with E-state index < -0.39 is 0 Å². The van der Waals surface area contributed by atoms with Crippen LogP contribution in [0.4, 0.5) is 0 Å². The Bertz CT molecular complexity index is 1530. The van der Waals surface area contributed by atoms with Crippen molar-refractivity contribution in [3.05, 3.63) is 69.4 Å². The highest BCUT2D eigenvalue weighted by Crippen LogP contribution is 2.22.